The number of carbonyl (C=O) groups excluding carboxylic acids is 1. The molecule has 0 saturated heterocycles. The quantitative estimate of drug-likeness (QED) is 0.783. The number of alkyl carbamates (subject to hydrolysis) is 1. The van der Waals surface area contributed by atoms with Crippen molar-refractivity contribution in [3.63, 3.8) is 0 Å². The van der Waals surface area contributed by atoms with Gasteiger partial charge in [0.15, 0.2) is 0 Å². The van der Waals surface area contributed by atoms with E-state index in [0.717, 1.165) is 31.4 Å². The second-order valence-electron chi connectivity index (χ2n) is 3.95. The lowest BCUT2D eigenvalue weighted by atomic mass is 10.0. The molecule has 0 spiro atoms. The summed E-state index contributed by atoms with van der Waals surface area (Å²) in [5.41, 5.74) is 0. The molecule has 1 N–H and O–H groups in total. The third kappa shape index (κ3) is 3.81. The first-order valence-electron chi connectivity index (χ1n) is 5.38. The first-order valence-corrected chi connectivity index (χ1v) is 5.38. The van der Waals surface area contributed by atoms with E-state index in [1.807, 2.05) is 13.8 Å². The third-order valence-electron chi connectivity index (χ3n) is 2.24. The molecular formula is C11H19NO3. The van der Waals surface area contributed by atoms with Gasteiger partial charge in [0.05, 0.1) is 7.11 Å². The molecule has 4 nitrogen and oxygen atoms in total. The van der Waals surface area contributed by atoms with Crippen molar-refractivity contribution >= 4 is 6.09 Å². The molecule has 1 rings (SSSR count). The normalized spacial score (nSPS) is 16.5. The van der Waals surface area contributed by atoms with Crippen molar-refractivity contribution in [2.75, 3.05) is 7.11 Å². The summed E-state index contributed by atoms with van der Waals surface area (Å²) >= 11 is 0. The fraction of sp³-hybridized carbons (Fsp3) is 0.727. The zero-order chi connectivity index (χ0) is 11.3. The molecule has 86 valence electrons. The second-order valence-corrected chi connectivity index (χ2v) is 3.95. The Morgan fingerprint density at radius 2 is 1.87 bits per heavy atom. The minimum atomic E-state index is -0.392. The summed E-state index contributed by atoms with van der Waals surface area (Å²) in [5.74, 6) is 1.49. The van der Waals surface area contributed by atoms with Gasteiger partial charge in [-0.2, -0.15) is 0 Å². The molecule has 0 aromatic carbocycles. The van der Waals surface area contributed by atoms with Gasteiger partial charge in [-0.1, -0.05) is 0 Å². The van der Waals surface area contributed by atoms with Crippen LogP contribution in [0.1, 0.15) is 39.5 Å². The molecule has 1 aliphatic carbocycles. The van der Waals surface area contributed by atoms with E-state index in [1.165, 1.54) is 0 Å². The molecule has 0 saturated carbocycles. The molecule has 0 aromatic heterocycles. The first-order chi connectivity index (χ1) is 7.13. The molecule has 0 radical (unpaired) electrons. The van der Waals surface area contributed by atoms with E-state index in [9.17, 15) is 4.79 Å². The van der Waals surface area contributed by atoms with Crippen LogP contribution < -0.4 is 5.32 Å². The van der Waals surface area contributed by atoms with Gasteiger partial charge in [0.1, 0.15) is 11.5 Å². The number of methoxy groups -OCH3 is 1. The maximum atomic E-state index is 11.4. The number of hydrogen-bond donors (Lipinski definition) is 1. The molecule has 0 fully saturated rings. The van der Waals surface area contributed by atoms with Crippen LogP contribution in [0.2, 0.25) is 0 Å². The summed E-state index contributed by atoms with van der Waals surface area (Å²) in [6, 6.07) is 0.0904. The van der Waals surface area contributed by atoms with Gasteiger partial charge in [-0.25, -0.2) is 4.79 Å². The van der Waals surface area contributed by atoms with Gasteiger partial charge in [-0.15, -0.1) is 0 Å². The second kappa shape index (κ2) is 5.63. The van der Waals surface area contributed by atoms with E-state index in [0.29, 0.717) is 5.76 Å². The van der Waals surface area contributed by atoms with Crippen molar-refractivity contribution in [1.29, 1.82) is 0 Å². The van der Waals surface area contributed by atoms with Gasteiger partial charge >= 0.3 is 6.09 Å². The Kier molecular flexibility index (Phi) is 4.46. The number of carbonyl (C=O) groups is 1. The molecular weight excluding hydrogens is 194 g/mol. The van der Waals surface area contributed by atoms with Gasteiger partial charge < -0.3 is 14.8 Å². The van der Waals surface area contributed by atoms with Crippen molar-refractivity contribution < 1.29 is 14.3 Å². The minimum Gasteiger partial charge on any atom is -0.498 e. The van der Waals surface area contributed by atoms with Crippen LogP contribution in [0.25, 0.3) is 0 Å². The monoisotopic (exact) mass is 213 g/mol. The van der Waals surface area contributed by atoms with Crippen LogP contribution in [0.3, 0.4) is 0 Å². The smallest absolute Gasteiger partial charge is 0.412 e. The molecule has 0 atom stereocenters. The summed E-state index contributed by atoms with van der Waals surface area (Å²) < 4.78 is 10.4. The van der Waals surface area contributed by atoms with Gasteiger partial charge in [0.25, 0.3) is 0 Å². The lowest BCUT2D eigenvalue weighted by Gasteiger charge is -2.19. The first kappa shape index (κ1) is 11.9. The number of allylic oxidation sites excluding steroid dienone is 2. The molecule has 1 amide bonds. The number of hydrogen-bond acceptors (Lipinski definition) is 3. The third-order valence-corrected chi connectivity index (χ3v) is 2.24. The predicted molar refractivity (Wildman–Crippen MR) is 57.3 cm³/mol. The SMILES string of the molecule is COC1=C(OC(=O)NC(C)C)CCCC1. The maximum Gasteiger partial charge on any atom is 0.412 e. The van der Waals surface area contributed by atoms with E-state index < -0.39 is 6.09 Å². The lowest BCUT2D eigenvalue weighted by Crippen LogP contribution is -2.31. The van der Waals surface area contributed by atoms with Crippen LogP contribution >= 0.6 is 0 Å². The van der Waals surface area contributed by atoms with E-state index in [-0.39, 0.29) is 6.04 Å². The number of rotatable bonds is 3. The standard InChI is InChI=1S/C11H19NO3/c1-8(2)12-11(13)15-10-7-5-4-6-9(10)14-3/h8H,4-7H2,1-3H3,(H,12,13). The fourth-order valence-electron chi connectivity index (χ4n) is 1.55. The van der Waals surface area contributed by atoms with Crippen LogP contribution in [0.15, 0.2) is 11.5 Å². The number of ether oxygens (including phenoxy) is 2. The zero-order valence-corrected chi connectivity index (χ0v) is 9.63. The molecule has 0 aliphatic heterocycles. The molecule has 0 aromatic rings. The summed E-state index contributed by atoms with van der Waals surface area (Å²) in [5, 5.41) is 2.68. The topological polar surface area (TPSA) is 47.6 Å². The molecule has 0 heterocycles. The van der Waals surface area contributed by atoms with Gasteiger partial charge in [-0.05, 0) is 26.7 Å². The van der Waals surface area contributed by atoms with Gasteiger partial charge in [0.2, 0.25) is 0 Å². The van der Waals surface area contributed by atoms with Crippen molar-refractivity contribution in [3.8, 4) is 0 Å². The fourth-order valence-corrected chi connectivity index (χ4v) is 1.55. The van der Waals surface area contributed by atoms with Crippen molar-refractivity contribution in [2.45, 2.75) is 45.6 Å². The Morgan fingerprint density at radius 1 is 1.27 bits per heavy atom. The van der Waals surface area contributed by atoms with Crippen LogP contribution in [0.5, 0.6) is 0 Å². The highest BCUT2D eigenvalue weighted by Crippen LogP contribution is 2.25. The highest BCUT2D eigenvalue weighted by molar-refractivity contribution is 5.68. The maximum absolute atomic E-state index is 11.4. The highest BCUT2D eigenvalue weighted by atomic mass is 16.6. The van der Waals surface area contributed by atoms with Crippen LogP contribution in [0.4, 0.5) is 4.79 Å². The van der Waals surface area contributed by atoms with Gasteiger partial charge in [0, 0.05) is 18.9 Å². The molecule has 15 heavy (non-hydrogen) atoms. The largest absolute Gasteiger partial charge is 0.498 e. The van der Waals surface area contributed by atoms with Crippen LogP contribution in [-0.4, -0.2) is 19.2 Å². The average Bonchev–Trinajstić information content (AvgIpc) is 2.17. The molecule has 1 aliphatic rings. The van der Waals surface area contributed by atoms with E-state index in [2.05, 4.69) is 5.32 Å². The van der Waals surface area contributed by atoms with Gasteiger partial charge in [-0.3, -0.25) is 0 Å². The van der Waals surface area contributed by atoms with Crippen LogP contribution in [0, 0.1) is 0 Å². The van der Waals surface area contributed by atoms with Crippen LogP contribution in [-0.2, 0) is 9.47 Å². The Bertz CT molecular complexity index is 259. The number of nitrogens with one attached hydrogen (secondary N) is 1. The molecule has 0 bridgehead atoms. The Morgan fingerprint density at radius 3 is 2.40 bits per heavy atom. The number of amides is 1. The van der Waals surface area contributed by atoms with E-state index >= 15 is 0 Å². The summed E-state index contributed by atoms with van der Waals surface area (Å²) in [4.78, 5) is 11.4. The van der Waals surface area contributed by atoms with Crippen molar-refractivity contribution in [2.24, 2.45) is 0 Å². The predicted octanol–water partition coefficient (Wildman–Crippen LogP) is 2.55. The Hall–Kier alpha value is -1.19. The Balaban J connectivity index is 2.54. The molecule has 0 unspecified atom stereocenters. The van der Waals surface area contributed by atoms with E-state index in [1.54, 1.807) is 7.11 Å². The Labute approximate surface area is 90.6 Å². The summed E-state index contributed by atoms with van der Waals surface area (Å²) in [7, 11) is 1.62. The highest BCUT2D eigenvalue weighted by Gasteiger charge is 2.17. The summed E-state index contributed by atoms with van der Waals surface area (Å²) in [6.07, 6.45) is 3.41. The summed E-state index contributed by atoms with van der Waals surface area (Å²) in [6.45, 7) is 3.79. The van der Waals surface area contributed by atoms with Crippen molar-refractivity contribution in [1.82, 2.24) is 5.32 Å². The molecule has 4 heteroatoms. The minimum absolute atomic E-state index is 0.0904. The lowest BCUT2D eigenvalue weighted by molar-refractivity contribution is 0.151. The van der Waals surface area contributed by atoms with E-state index in [4.69, 9.17) is 9.47 Å². The van der Waals surface area contributed by atoms with Crippen molar-refractivity contribution in [3.05, 3.63) is 11.5 Å². The average molecular weight is 213 g/mol. The zero-order valence-electron chi connectivity index (χ0n) is 9.63.